The van der Waals surface area contributed by atoms with E-state index in [9.17, 15) is 25.0 Å². The first kappa shape index (κ1) is 16.8. The number of hydrogen-bond donors (Lipinski definition) is 0. The number of carbonyl (C=O) groups is 1. The summed E-state index contributed by atoms with van der Waals surface area (Å²) in [5.41, 5.74) is 0.941. The number of ketones is 1. The SMILES string of the molecule is O=C(/C=C\c1cccc([N+](=O)[O-])c1)/C=C/c1cccc([N+](=O)[O-])c1. The molecule has 0 aliphatic heterocycles. The Kier molecular flexibility index (Phi) is 5.30. The lowest BCUT2D eigenvalue weighted by Gasteiger charge is -1.94. The van der Waals surface area contributed by atoms with Crippen LogP contribution in [-0.4, -0.2) is 15.6 Å². The van der Waals surface area contributed by atoms with Gasteiger partial charge >= 0.3 is 0 Å². The Labute approximate surface area is 136 Å². The van der Waals surface area contributed by atoms with Gasteiger partial charge in [-0.05, 0) is 23.3 Å². The predicted molar refractivity (Wildman–Crippen MR) is 89.3 cm³/mol. The molecule has 0 aliphatic carbocycles. The number of nitrogens with zero attached hydrogens (tertiary/aromatic N) is 2. The van der Waals surface area contributed by atoms with Crippen LogP contribution in [0.3, 0.4) is 0 Å². The Morgan fingerprint density at radius 1 is 0.792 bits per heavy atom. The smallest absolute Gasteiger partial charge is 0.270 e. The summed E-state index contributed by atoms with van der Waals surface area (Å²) in [6, 6.07) is 11.8. The van der Waals surface area contributed by atoms with Crippen molar-refractivity contribution in [1.82, 2.24) is 0 Å². The van der Waals surface area contributed by atoms with Crippen LogP contribution < -0.4 is 0 Å². The van der Waals surface area contributed by atoms with E-state index in [4.69, 9.17) is 0 Å². The van der Waals surface area contributed by atoms with Crippen LogP contribution in [0.25, 0.3) is 12.2 Å². The second-order valence-corrected chi connectivity index (χ2v) is 4.77. The molecule has 0 spiro atoms. The van der Waals surface area contributed by atoms with E-state index in [0.29, 0.717) is 11.1 Å². The minimum atomic E-state index is -0.513. The van der Waals surface area contributed by atoms with Gasteiger partial charge in [-0.3, -0.25) is 25.0 Å². The van der Waals surface area contributed by atoms with Crippen molar-refractivity contribution in [3.05, 3.63) is 92.0 Å². The molecule has 0 bridgehead atoms. The number of nitro benzene ring substituents is 2. The molecule has 0 saturated carbocycles. The minimum Gasteiger partial charge on any atom is -0.290 e. The van der Waals surface area contributed by atoms with Crippen LogP contribution in [0, 0.1) is 20.2 Å². The fraction of sp³-hybridized carbons (Fsp3) is 0. The van der Waals surface area contributed by atoms with E-state index in [1.54, 1.807) is 12.1 Å². The van der Waals surface area contributed by atoms with Gasteiger partial charge in [0.15, 0.2) is 5.78 Å². The second kappa shape index (κ2) is 7.59. The van der Waals surface area contributed by atoms with Crippen LogP contribution in [0.4, 0.5) is 11.4 Å². The van der Waals surface area contributed by atoms with Crippen molar-refractivity contribution < 1.29 is 14.6 Å². The highest BCUT2D eigenvalue weighted by molar-refractivity contribution is 6.04. The average Bonchev–Trinajstić information content (AvgIpc) is 2.58. The fourth-order valence-electron chi connectivity index (χ4n) is 1.90. The van der Waals surface area contributed by atoms with Crippen LogP contribution in [0.5, 0.6) is 0 Å². The molecule has 0 heterocycles. The van der Waals surface area contributed by atoms with Crippen LogP contribution in [-0.2, 0) is 4.79 Å². The molecule has 0 fully saturated rings. The maximum absolute atomic E-state index is 11.8. The van der Waals surface area contributed by atoms with Gasteiger partial charge in [-0.2, -0.15) is 0 Å². The summed E-state index contributed by atoms with van der Waals surface area (Å²) in [5.74, 6) is -0.340. The highest BCUT2D eigenvalue weighted by Gasteiger charge is 2.05. The van der Waals surface area contributed by atoms with Crippen LogP contribution >= 0.6 is 0 Å². The van der Waals surface area contributed by atoms with Gasteiger partial charge in [-0.15, -0.1) is 0 Å². The minimum absolute atomic E-state index is 0.0586. The average molecular weight is 324 g/mol. The molecule has 0 unspecified atom stereocenters. The lowest BCUT2D eigenvalue weighted by Crippen LogP contribution is -1.89. The third kappa shape index (κ3) is 4.70. The highest BCUT2D eigenvalue weighted by atomic mass is 16.6. The molecule has 7 heteroatoms. The molecule has 2 aromatic rings. The van der Waals surface area contributed by atoms with Crippen LogP contribution in [0.2, 0.25) is 0 Å². The van der Waals surface area contributed by atoms with Gasteiger partial charge in [-0.25, -0.2) is 0 Å². The molecule has 0 atom stereocenters. The number of carbonyl (C=O) groups excluding carboxylic acids is 1. The molecule has 0 amide bonds. The summed E-state index contributed by atoms with van der Waals surface area (Å²) < 4.78 is 0. The van der Waals surface area contributed by atoms with Gasteiger partial charge in [0.1, 0.15) is 0 Å². The van der Waals surface area contributed by atoms with Crippen molar-refractivity contribution >= 4 is 29.3 Å². The lowest BCUT2D eigenvalue weighted by atomic mass is 10.1. The Hall–Kier alpha value is -3.61. The fourth-order valence-corrected chi connectivity index (χ4v) is 1.90. The Balaban J connectivity index is 2.07. The van der Waals surface area contributed by atoms with E-state index in [2.05, 4.69) is 0 Å². The Morgan fingerprint density at radius 3 is 1.58 bits per heavy atom. The van der Waals surface area contributed by atoms with Crippen molar-refractivity contribution in [2.45, 2.75) is 0 Å². The van der Waals surface area contributed by atoms with Crippen molar-refractivity contribution in [2.75, 3.05) is 0 Å². The van der Waals surface area contributed by atoms with E-state index >= 15 is 0 Å². The summed E-state index contributed by atoms with van der Waals surface area (Å²) in [4.78, 5) is 32.1. The first-order valence-corrected chi connectivity index (χ1v) is 6.85. The maximum atomic E-state index is 11.8. The Bertz CT molecular complexity index is 786. The van der Waals surface area contributed by atoms with Gasteiger partial charge in [-0.1, -0.05) is 36.4 Å². The first-order valence-electron chi connectivity index (χ1n) is 6.85. The maximum Gasteiger partial charge on any atom is 0.270 e. The Morgan fingerprint density at radius 2 is 1.21 bits per heavy atom. The molecule has 24 heavy (non-hydrogen) atoms. The summed E-state index contributed by atoms with van der Waals surface area (Å²) in [6.45, 7) is 0. The molecule has 2 rings (SSSR count). The van der Waals surface area contributed by atoms with Crippen molar-refractivity contribution in [1.29, 1.82) is 0 Å². The van der Waals surface area contributed by atoms with E-state index in [1.807, 2.05) is 0 Å². The zero-order valence-corrected chi connectivity index (χ0v) is 12.4. The lowest BCUT2D eigenvalue weighted by molar-refractivity contribution is -0.385. The van der Waals surface area contributed by atoms with E-state index in [1.165, 1.54) is 60.7 Å². The molecule has 0 aromatic heterocycles. The zero-order valence-electron chi connectivity index (χ0n) is 12.4. The third-order valence-corrected chi connectivity index (χ3v) is 3.04. The molecule has 0 aliphatic rings. The molecule has 0 N–H and O–H groups in total. The largest absolute Gasteiger partial charge is 0.290 e. The van der Waals surface area contributed by atoms with Gasteiger partial charge < -0.3 is 0 Å². The molecule has 120 valence electrons. The molecule has 7 nitrogen and oxygen atoms in total. The quantitative estimate of drug-likeness (QED) is 0.456. The molecular formula is C17H12N2O5. The van der Waals surface area contributed by atoms with Gasteiger partial charge in [0, 0.05) is 24.3 Å². The monoisotopic (exact) mass is 324 g/mol. The normalized spacial score (nSPS) is 11.0. The van der Waals surface area contributed by atoms with Crippen molar-refractivity contribution in [2.24, 2.45) is 0 Å². The number of hydrogen-bond acceptors (Lipinski definition) is 5. The topological polar surface area (TPSA) is 103 Å². The van der Waals surface area contributed by atoms with E-state index < -0.39 is 9.85 Å². The van der Waals surface area contributed by atoms with Gasteiger partial charge in [0.05, 0.1) is 9.85 Å². The number of nitro groups is 2. The zero-order chi connectivity index (χ0) is 17.5. The number of benzene rings is 2. The van der Waals surface area contributed by atoms with Crippen LogP contribution in [0.15, 0.2) is 60.7 Å². The highest BCUT2D eigenvalue weighted by Crippen LogP contribution is 2.15. The van der Waals surface area contributed by atoms with Crippen LogP contribution in [0.1, 0.15) is 11.1 Å². The van der Waals surface area contributed by atoms with E-state index in [0.717, 1.165) is 0 Å². The molecule has 0 saturated heterocycles. The molecule has 0 radical (unpaired) electrons. The summed E-state index contributed by atoms with van der Waals surface area (Å²) in [6.07, 6.45) is 5.47. The summed E-state index contributed by atoms with van der Waals surface area (Å²) in [7, 11) is 0. The number of rotatable bonds is 6. The predicted octanol–water partition coefficient (Wildman–Crippen LogP) is 3.80. The molecule has 2 aromatic carbocycles. The first-order chi connectivity index (χ1) is 11.5. The number of allylic oxidation sites excluding steroid dienone is 2. The number of non-ortho nitro benzene ring substituents is 2. The van der Waals surface area contributed by atoms with Crippen molar-refractivity contribution in [3.63, 3.8) is 0 Å². The van der Waals surface area contributed by atoms with E-state index in [-0.39, 0.29) is 17.2 Å². The van der Waals surface area contributed by atoms with Gasteiger partial charge in [0.2, 0.25) is 0 Å². The molecular weight excluding hydrogens is 312 g/mol. The summed E-state index contributed by atoms with van der Waals surface area (Å²) >= 11 is 0. The summed E-state index contributed by atoms with van der Waals surface area (Å²) in [5, 5.41) is 21.4. The third-order valence-electron chi connectivity index (χ3n) is 3.04. The standard InChI is InChI=1S/C17H12N2O5/c20-17(9-7-13-3-1-5-15(11-13)18(21)22)10-8-14-4-2-6-16(12-14)19(23)24/h1-12H/b9-7-,10-8+. The van der Waals surface area contributed by atoms with Crippen molar-refractivity contribution in [3.8, 4) is 0 Å². The second-order valence-electron chi connectivity index (χ2n) is 4.77. The van der Waals surface area contributed by atoms with Gasteiger partial charge in [0.25, 0.3) is 11.4 Å².